The van der Waals surface area contributed by atoms with Gasteiger partial charge in [-0.3, -0.25) is 0 Å². The van der Waals surface area contributed by atoms with Crippen LogP contribution in [0.4, 0.5) is 0 Å². The fourth-order valence-electron chi connectivity index (χ4n) is 2.02. The molecule has 2 rings (SSSR count). The molecule has 1 N–H and O–H groups in total. The normalized spacial score (nSPS) is 10.9. The van der Waals surface area contributed by atoms with E-state index in [2.05, 4.69) is 29.1 Å². The molecule has 0 saturated carbocycles. The lowest BCUT2D eigenvalue weighted by atomic mass is 10.2. The van der Waals surface area contributed by atoms with Gasteiger partial charge >= 0.3 is 0 Å². The van der Waals surface area contributed by atoms with Gasteiger partial charge in [0.1, 0.15) is 5.75 Å². The lowest BCUT2D eigenvalue weighted by molar-refractivity contribution is 0.341. The molecule has 2 aromatic rings. The average molecular weight is 285 g/mol. The van der Waals surface area contributed by atoms with Crippen molar-refractivity contribution in [2.45, 2.75) is 27.3 Å². The molecule has 0 amide bonds. The van der Waals surface area contributed by atoms with Crippen LogP contribution in [0.2, 0.25) is 0 Å². The molecular weight excluding hydrogens is 262 g/mol. The van der Waals surface area contributed by atoms with Crippen molar-refractivity contribution in [3.05, 3.63) is 42.2 Å². The summed E-state index contributed by atoms with van der Waals surface area (Å²) in [6.07, 6.45) is 3.75. The third kappa shape index (κ3) is 4.53. The van der Waals surface area contributed by atoms with E-state index in [4.69, 9.17) is 4.74 Å². The van der Waals surface area contributed by atoms with E-state index in [9.17, 15) is 0 Å². The van der Waals surface area contributed by atoms with Gasteiger partial charge in [0.15, 0.2) is 5.82 Å². The number of nitrogens with zero attached hydrogens (tertiary/aromatic N) is 2. The third-order valence-corrected chi connectivity index (χ3v) is 3.01. The fourth-order valence-corrected chi connectivity index (χ4v) is 2.02. The van der Waals surface area contributed by atoms with E-state index in [1.165, 1.54) is 0 Å². The summed E-state index contributed by atoms with van der Waals surface area (Å²) in [5, 5.41) is 3.39. The molecule has 4 heteroatoms. The fraction of sp³-hybridized carbons (Fsp3) is 0.412. The molecule has 0 atom stereocenters. The number of ether oxygens (including phenoxy) is 1. The Morgan fingerprint density at radius 2 is 1.86 bits per heavy atom. The summed E-state index contributed by atoms with van der Waals surface area (Å²) in [6.45, 7) is 8.78. The first-order chi connectivity index (χ1) is 10.2. The van der Waals surface area contributed by atoms with Crippen molar-refractivity contribution in [1.82, 2.24) is 15.3 Å². The van der Waals surface area contributed by atoms with Crippen LogP contribution in [-0.4, -0.2) is 23.1 Å². The van der Waals surface area contributed by atoms with Crippen LogP contribution in [-0.2, 0) is 6.54 Å². The summed E-state index contributed by atoms with van der Waals surface area (Å²) in [5.74, 6) is 2.17. The van der Waals surface area contributed by atoms with E-state index < -0.39 is 0 Å². The van der Waals surface area contributed by atoms with Crippen LogP contribution in [0, 0.1) is 5.92 Å². The topological polar surface area (TPSA) is 47.0 Å². The van der Waals surface area contributed by atoms with E-state index in [-0.39, 0.29) is 0 Å². The summed E-state index contributed by atoms with van der Waals surface area (Å²) < 4.78 is 5.62. The molecule has 0 aliphatic heterocycles. The standard InChI is InChI=1S/C17H23N3O/c1-4-21-16-8-6-5-7-15(16)17-19-11-14(12-20-17)10-18-9-13(2)3/h5-8,11-13,18H,4,9-10H2,1-3H3. The van der Waals surface area contributed by atoms with E-state index in [1.54, 1.807) is 0 Å². The molecule has 4 nitrogen and oxygen atoms in total. The minimum atomic E-state index is 0.633. The number of rotatable bonds is 7. The molecule has 112 valence electrons. The largest absolute Gasteiger partial charge is 0.493 e. The van der Waals surface area contributed by atoms with E-state index in [0.29, 0.717) is 18.3 Å². The highest BCUT2D eigenvalue weighted by Crippen LogP contribution is 2.26. The second-order valence-electron chi connectivity index (χ2n) is 5.37. The molecule has 0 aliphatic rings. The van der Waals surface area contributed by atoms with Crippen LogP contribution in [0.1, 0.15) is 26.3 Å². The van der Waals surface area contributed by atoms with E-state index in [1.807, 2.05) is 43.6 Å². The maximum absolute atomic E-state index is 5.62. The van der Waals surface area contributed by atoms with Gasteiger partial charge in [-0.05, 0) is 31.5 Å². The van der Waals surface area contributed by atoms with Crippen molar-refractivity contribution < 1.29 is 4.74 Å². The third-order valence-electron chi connectivity index (χ3n) is 3.01. The predicted molar refractivity (Wildman–Crippen MR) is 85.2 cm³/mol. The number of benzene rings is 1. The first-order valence-corrected chi connectivity index (χ1v) is 7.44. The molecule has 1 heterocycles. The molecule has 0 fully saturated rings. The number of nitrogens with one attached hydrogen (secondary N) is 1. The zero-order valence-corrected chi connectivity index (χ0v) is 13.0. The summed E-state index contributed by atoms with van der Waals surface area (Å²) in [7, 11) is 0. The van der Waals surface area contributed by atoms with Crippen LogP contribution in [0.3, 0.4) is 0 Å². The average Bonchev–Trinajstić information content (AvgIpc) is 2.49. The molecule has 0 bridgehead atoms. The van der Waals surface area contributed by atoms with Gasteiger partial charge in [0, 0.05) is 24.5 Å². The van der Waals surface area contributed by atoms with Crippen molar-refractivity contribution in [2.24, 2.45) is 5.92 Å². The zero-order chi connectivity index (χ0) is 15.1. The van der Waals surface area contributed by atoms with Crippen LogP contribution in [0.15, 0.2) is 36.7 Å². The van der Waals surface area contributed by atoms with Gasteiger partial charge in [-0.2, -0.15) is 0 Å². The SMILES string of the molecule is CCOc1ccccc1-c1ncc(CNCC(C)C)cn1. The molecule has 0 spiro atoms. The summed E-state index contributed by atoms with van der Waals surface area (Å²) in [5.41, 5.74) is 2.02. The van der Waals surface area contributed by atoms with Gasteiger partial charge in [0.05, 0.1) is 12.2 Å². The molecule has 0 radical (unpaired) electrons. The maximum Gasteiger partial charge on any atom is 0.162 e. The summed E-state index contributed by atoms with van der Waals surface area (Å²) >= 11 is 0. The van der Waals surface area contributed by atoms with Crippen molar-refractivity contribution >= 4 is 0 Å². The van der Waals surface area contributed by atoms with E-state index in [0.717, 1.165) is 30.0 Å². The summed E-state index contributed by atoms with van der Waals surface area (Å²) in [4.78, 5) is 8.92. The zero-order valence-electron chi connectivity index (χ0n) is 13.0. The number of hydrogen-bond donors (Lipinski definition) is 1. The van der Waals surface area contributed by atoms with Crippen LogP contribution < -0.4 is 10.1 Å². The highest BCUT2D eigenvalue weighted by molar-refractivity contribution is 5.63. The minimum Gasteiger partial charge on any atom is -0.493 e. The Balaban J connectivity index is 2.08. The number of aromatic nitrogens is 2. The molecular formula is C17H23N3O. The number of hydrogen-bond acceptors (Lipinski definition) is 4. The Bertz CT molecular complexity index is 552. The Hall–Kier alpha value is -1.94. The minimum absolute atomic E-state index is 0.633. The van der Waals surface area contributed by atoms with Gasteiger partial charge in [-0.25, -0.2) is 9.97 Å². The first-order valence-electron chi connectivity index (χ1n) is 7.44. The molecule has 0 saturated heterocycles. The van der Waals surface area contributed by atoms with E-state index >= 15 is 0 Å². The second kappa shape index (κ2) is 7.74. The first kappa shape index (κ1) is 15.4. The smallest absolute Gasteiger partial charge is 0.162 e. The lowest BCUT2D eigenvalue weighted by Gasteiger charge is -2.10. The van der Waals surface area contributed by atoms with Gasteiger partial charge in [0.2, 0.25) is 0 Å². The van der Waals surface area contributed by atoms with Gasteiger partial charge in [0.25, 0.3) is 0 Å². The molecule has 0 unspecified atom stereocenters. The number of para-hydroxylation sites is 1. The van der Waals surface area contributed by atoms with Crippen LogP contribution in [0.5, 0.6) is 5.75 Å². The lowest BCUT2D eigenvalue weighted by Crippen LogP contribution is -2.19. The Kier molecular flexibility index (Phi) is 5.69. The summed E-state index contributed by atoms with van der Waals surface area (Å²) in [6, 6.07) is 7.86. The van der Waals surface area contributed by atoms with Gasteiger partial charge < -0.3 is 10.1 Å². The highest BCUT2D eigenvalue weighted by Gasteiger charge is 2.08. The van der Waals surface area contributed by atoms with Crippen molar-refractivity contribution in [3.8, 4) is 17.1 Å². The quantitative estimate of drug-likeness (QED) is 0.848. The Morgan fingerprint density at radius 1 is 1.14 bits per heavy atom. The predicted octanol–water partition coefficient (Wildman–Crippen LogP) is 3.29. The highest BCUT2D eigenvalue weighted by atomic mass is 16.5. The Morgan fingerprint density at radius 3 is 2.52 bits per heavy atom. The molecule has 21 heavy (non-hydrogen) atoms. The molecule has 1 aromatic carbocycles. The maximum atomic E-state index is 5.62. The monoisotopic (exact) mass is 285 g/mol. The molecule has 1 aromatic heterocycles. The van der Waals surface area contributed by atoms with Gasteiger partial charge in [-0.15, -0.1) is 0 Å². The van der Waals surface area contributed by atoms with Crippen LogP contribution in [0.25, 0.3) is 11.4 Å². The van der Waals surface area contributed by atoms with Crippen molar-refractivity contribution in [1.29, 1.82) is 0 Å². The Labute approximate surface area is 126 Å². The van der Waals surface area contributed by atoms with Gasteiger partial charge in [-0.1, -0.05) is 26.0 Å². The second-order valence-corrected chi connectivity index (χ2v) is 5.37. The van der Waals surface area contributed by atoms with Crippen molar-refractivity contribution in [3.63, 3.8) is 0 Å². The molecule has 0 aliphatic carbocycles. The van der Waals surface area contributed by atoms with Crippen molar-refractivity contribution in [2.75, 3.05) is 13.2 Å². The van der Waals surface area contributed by atoms with Crippen LogP contribution >= 0.6 is 0 Å².